The Hall–Kier alpha value is -3.59. The summed E-state index contributed by atoms with van der Waals surface area (Å²) in [5.41, 5.74) is 7.98. The Kier molecular flexibility index (Phi) is 4.83. The highest BCUT2D eigenvalue weighted by Gasteiger charge is 2.31. The van der Waals surface area contributed by atoms with Gasteiger partial charge in [-0.15, -0.1) is 0 Å². The van der Waals surface area contributed by atoms with E-state index in [0.29, 0.717) is 33.8 Å². The zero-order valence-corrected chi connectivity index (χ0v) is 15.8. The molecule has 0 bridgehead atoms. The van der Waals surface area contributed by atoms with Crippen molar-refractivity contribution in [3.8, 4) is 34.1 Å². The standard InChI is InChI=1S/C21H17F3N4O2/c1-12-7-17(16-5-6-26-19(16)28(12)29)18-8-13(10-25)11-27-20(18)30-15-4-2-3-14(9-15)21(22,23)24/h2-9,11,29H,10,25H2,1H3. The number of aromatic nitrogens is 3. The summed E-state index contributed by atoms with van der Waals surface area (Å²) < 4.78 is 45.9. The number of fused-ring (bicyclic) bond motifs is 1. The molecule has 0 aliphatic carbocycles. The second-order valence-corrected chi connectivity index (χ2v) is 6.72. The van der Waals surface area contributed by atoms with Gasteiger partial charge >= 0.3 is 6.18 Å². The number of nitrogens with zero attached hydrogens (tertiary/aromatic N) is 3. The van der Waals surface area contributed by atoms with E-state index in [0.717, 1.165) is 16.9 Å². The topological polar surface area (TPSA) is 86.2 Å². The normalized spacial score (nSPS) is 11.8. The quantitative estimate of drug-likeness (QED) is 0.466. The van der Waals surface area contributed by atoms with E-state index in [1.165, 1.54) is 18.3 Å². The van der Waals surface area contributed by atoms with Crippen LogP contribution in [0.3, 0.4) is 0 Å². The number of halogens is 3. The highest BCUT2D eigenvalue weighted by Crippen LogP contribution is 2.40. The van der Waals surface area contributed by atoms with Crippen LogP contribution in [-0.4, -0.2) is 19.9 Å². The molecule has 2 aromatic rings. The highest BCUT2D eigenvalue weighted by atomic mass is 19.4. The molecule has 0 saturated carbocycles. The van der Waals surface area contributed by atoms with Gasteiger partial charge in [0.1, 0.15) is 5.75 Å². The van der Waals surface area contributed by atoms with Crippen molar-refractivity contribution >= 4 is 0 Å². The molecule has 1 aromatic heterocycles. The number of nitrogens with two attached hydrogens (primary N) is 1. The van der Waals surface area contributed by atoms with E-state index in [1.54, 1.807) is 31.3 Å². The average molecular weight is 414 g/mol. The van der Waals surface area contributed by atoms with Gasteiger partial charge in [0.2, 0.25) is 5.88 Å². The Morgan fingerprint density at radius 3 is 2.60 bits per heavy atom. The van der Waals surface area contributed by atoms with Gasteiger partial charge in [0.25, 0.3) is 0 Å². The lowest BCUT2D eigenvalue weighted by Gasteiger charge is -2.17. The molecule has 0 saturated heterocycles. The van der Waals surface area contributed by atoms with Crippen molar-refractivity contribution in [2.45, 2.75) is 19.6 Å². The first-order valence-corrected chi connectivity index (χ1v) is 8.98. The van der Waals surface area contributed by atoms with Crippen LogP contribution >= 0.6 is 0 Å². The number of hydrogen-bond acceptors (Lipinski definition) is 5. The summed E-state index contributed by atoms with van der Waals surface area (Å²) in [6.45, 7) is 1.92. The maximum absolute atomic E-state index is 13.1. The molecule has 154 valence electrons. The predicted octanol–water partition coefficient (Wildman–Crippen LogP) is 4.87. The molecule has 4 rings (SSSR count). The molecule has 0 atom stereocenters. The van der Waals surface area contributed by atoms with Crippen molar-refractivity contribution in [2.24, 2.45) is 5.73 Å². The number of rotatable bonds is 4. The molecule has 3 N–H and O–H groups in total. The smallest absolute Gasteiger partial charge is 0.416 e. The van der Waals surface area contributed by atoms with Crippen LogP contribution < -0.4 is 10.5 Å². The zero-order valence-electron chi connectivity index (χ0n) is 15.8. The van der Waals surface area contributed by atoms with Crippen molar-refractivity contribution in [1.29, 1.82) is 0 Å². The SMILES string of the molecule is Cc1cc(-c2cc(CN)cnc2Oc2cccc(C(F)(F)F)c2)c2ccnc-2n1O. The number of hydrogen-bond donors (Lipinski definition) is 2. The lowest BCUT2D eigenvalue weighted by molar-refractivity contribution is -0.137. The monoisotopic (exact) mass is 414 g/mol. The highest BCUT2D eigenvalue weighted by molar-refractivity contribution is 5.84. The first-order chi connectivity index (χ1) is 14.3. The van der Waals surface area contributed by atoms with Crippen LogP contribution in [0.4, 0.5) is 13.2 Å². The Balaban J connectivity index is 1.85. The predicted molar refractivity (Wildman–Crippen MR) is 103 cm³/mol. The van der Waals surface area contributed by atoms with Crippen LogP contribution in [0.25, 0.3) is 22.5 Å². The third-order valence-electron chi connectivity index (χ3n) is 4.67. The van der Waals surface area contributed by atoms with E-state index >= 15 is 0 Å². The molecule has 0 unspecified atom stereocenters. The van der Waals surface area contributed by atoms with Gasteiger partial charge in [-0.05, 0) is 48.9 Å². The van der Waals surface area contributed by atoms with Crippen LogP contribution in [-0.2, 0) is 12.7 Å². The van der Waals surface area contributed by atoms with Gasteiger partial charge < -0.3 is 15.7 Å². The minimum absolute atomic E-state index is 0.000763. The molecule has 3 heterocycles. The van der Waals surface area contributed by atoms with Crippen molar-refractivity contribution in [3.63, 3.8) is 0 Å². The summed E-state index contributed by atoms with van der Waals surface area (Å²) in [5, 5.41) is 10.2. The van der Waals surface area contributed by atoms with Crippen LogP contribution in [0.1, 0.15) is 16.8 Å². The molecule has 2 aliphatic rings. The minimum Gasteiger partial charge on any atom is -0.438 e. The van der Waals surface area contributed by atoms with Crippen molar-refractivity contribution in [3.05, 3.63) is 71.7 Å². The van der Waals surface area contributed by atoms with Crippen LogP contribution in [0, 0.1) is 6.92 Å². The van der Waals surface area contributed by atoms with Gasteiger partial charge in [0.05, 0.1) is 11.3 Å². The van der Waals surface area contributed by atoms with Crippen molar-refractivity contribution in [2.75, 3.05) is 0 Å². The van der Waals surface area contributed by atoms with E-state index in [9.17, 15) is 18.4 Å². The number of aryl methyl sites for hydroxylation is 1. The Morgan fingerprint density at radius 1 is 1.07 bits per heavy atom. The lowest BCUT2D eigenvalue weighted by Crippen LogP contribution is -2.06. The van der Waals surface area contributed by atoms with Crippen LogP contribution in [0.5, 0.6) is 11.6 Å². The molecule has 1 aromatic carbocycles. The van der Waals surface area contributed by atoms with Gasteiger partial charge in [-0.1, -0.05) is 6.07 Å². The Bertz CT molecular complexity index is 1190. The largest absolute Gasteiger partial charge is 0.438 e. The second kappa shape index (κ2) is 7.34. The molecule has 30 heavy (non-hydrogen) atoms. The summed E-state index contributed by atoms with van der Waals surface area (Å²) in [7, 11) is 0. The van der Waals surface area contributed by atoms with Crippen molar-refractivity contribution in [1.82, 2.24) is 14.7 Å². The fourth-order valence-corrected chi connectivity index (χ4v) is 3.17. The Morgan fingerprint density at radius 2 is 1.87 bits per heavy atom. The fourth-order valence-electron chi connectivity index (χ4n) is 3.17. The second-order valence-electron chi connectivity index (χ2n) is 6.72. The zero-order chi connectivity index (χ0) is 21.5. The summed E-state index contributed by atoms with van der Waals surface area (Å²) >= 11 is 0. The number of ether oxygens (including phenoxy) is 1. The van der Waals surface area contributed by atoms with E-state index < -0.39 is 11.7 Å². The third kappa shape index (κ3) is 3.55. The van der Waals surface area contributed by atoms with Crippen LogP contribution in [0.15, 0.2) is 54.9 Å². The summed E-state index contributed by atoms with van der Waals surface area (Å²) in [5.74, 6) is 0.457. The molecular weight excluding hydrogens is 397 g/mol. The average Bonchev–Trinajstić information content (AvgIpc) is 3.21. The van der Waals surface area contributed by atoms with Gasteiger partial charge in [0, 0.05) is 35.6 Å². The Labute approximate surface area is 169 Å². The minimum atomic E-state index is -4.49. The number of benzene rings is 1. The van der Waals surface area contributed by atoms with E-state index in [4.69, 9.17) is 10.5 Å². The van der Waals surface area contributed by atoms with Gasteiger partial charge in [0.15, 0.2) is 5.82 Å². The lowest BCUT2D eigenvalue weighted by atomic mass is 9.99. The third-order valence-corrected chi connectivity index (χ3v) is 4.67. The first-order valence-electron chi connectivity index (χ1n) is 8.98. The molecule has 0 radical (unpaired) electrons. The van der Waals surface area contributed by atoms with Crippen LogP contribution in [0.2, 0.25) is 0 Å². The summed E-state index contributed by atoms with van der Waals surface area (Å²) in [6, 6.07) is 9.79. The fraction of sp³-hybridized carbons (Fsp3) is 0.143. The summed E-state index contributed by atoms with van der Waals surface area (Å²) in [4.78, 5) is 8.45. The maximum atomic E-state index is 13.1. The van der Waals surface area contributed by atoms with E-state index in [2.05, 4.69) is 9.97 Å². The summed E-state index contributed by atoms with van der Waals surface area (Å²) in [6.07, 6.45) is -1.43. The molecule has 6 nitrogen and oxygen atoms in total. The van der Waals surface area contributed by atoms with Gasteiger partial charge in [-0.2, -0.15) is 17.9 Å². The molecule has 9 heteroatoms. The van der Waals surface area contributed by atoms with Crippen molar-refractivity contribution < 1.29 is 23.1 Å². The molecular formula is C21H17F3N4O2. The molecule has 0 amide bonds. The maximum Gasteiger partial charge on any atom is 0.416 e. The van der Waals surface area contributed by atoms with Gasteiger partial charge in [-0.25, -0.2) is 9.97 Å². The molecule has 2 aliphatic heterocycles. The molecule has 0 spiro atoms. The number of pyridine rings is 2. The van der Waals surface area contributed by atoms with E-state index in [-0.39, 0.29) is 18.2 Å². The molecule has 0 fully saturated rings. The van der Waals surface area contributed by atoms with Gasteiger partial charge in [-0.3, -0.25) is 0 Å². The first kappa shape index (κ1) is 19.7. The van der Waals surface area contributed by atoms with E-state index in [1.807, 2.05) is 0 Å². The number of alkyl halides is 3.